The van der Waals surface area contributed by atoms with Gasteiger partial charge in [0.1, 0.15) is 5.51 Å². The van der Waals surface area contributed by atoms with Gasteiger partial charge in [0.15, 0.2) is 0 Å². The lowest BCUT2D eigenvalue weighted by molar-refractivity contribution is 0.0890. The molecule has 2 amide bonds. The van der Waals surface area contributed by atoms with Crippen LogP contribution in [0.2, 0.25) is 0 Å². The third-order valence-corrected chi connectivity index (χ3v) is 4.97. The van der Waals surface area contributed by atoms with Crippen molar-refractivity contribution in [3.8, 4) is 0 Å². The molecule has 1 atom stereocenters. The van der Waals surface area contributed by atoms with Crippen LogP contribution in [0.25, 0.3) is 0 Å². The lowest BCUT2D eigenvalue weighted by atomic mass is 10.0. The van der Waals surface area contributed by atoms with Gasteiger partial charge >= 0.3 is 6.03 Å². The van der Waals surface area contributed by atoms with E-state index in [1.54, 1.807) is 5.51 Å². The number of carbonyl (C=O) groups excluding carboxylic acids is 1. The van der Waals surface area contributed by atoms with E-state index in [-0.39, 0.29) is 6.03 Å². The molecule has 0 spiro atoms. The summed E-state index contributed by atoms with van der Waals surface area (Å²) >= 11 is 1.30. The Hall–Kier alpha value is -2.03. The maximum Gasteiger partial charge on any atom is 0.321 e. The van der Waals surface area contributed by atoms with E-state index in [0.717, 1.165) is 32.6 Å². The van der Waals surface area contributed by atoms with E-state index in [1.807, 2.05) is 0 Å². The number of nitrogens with one attached hydrogen (secondary N) is 2. The minimum atomic E-state index is -0.227. The standard InChI is InChI=1S/C17H24N6OS/c1-22-10-11-23(15(12-22)14-6-3-2-4-7-14)9-5-8-18-16(24)20-17-21-19-13-25-17/h2-4,6-7,13,15H,5,8-12H2,1H3,(H2,18,20,21,24)/t15-/m1/s1. The largest absolute Gasteiger partial charge is 0.338 e. The van der Waals surface area contributed by atoms with Crippen molar-refractivity contribution in [1.29, 1.82) is 0 Å². The fourth-order valence-corrected chi connectivity index (χ4v) is 3.51. The van der Waals surface area contributed by atoms with E-state index in [1.165, 1.54) is 16.9 Å². The second-order valence-electron chi connectivity index (χ2n) is 6.20. The lowest BCUT2D eigenvalue weighted by Crippen LogP contribution is -2.47. The van der Waals surface area contributed by atoms with Crippen LogP contribution in [0.4, 0.5) is 9.93 Å². The normalized spacial score (nSPS) is 18.8. The molecule has 25 heavy (non-hydrogen) atoms. The van der Waals surface area contributed by atoms with Crippen LogP contribution in [0, 0.1) is 0 Å². The second-order valence-corrected chi connectivity index (χ2v) is 7.04. The number of benzene rings is 1. The van der Waals surface area contributed by atoms with Gasteiger partial charge in [-0.2, -0.15) is 0 Å². The van der Waals surface area contributed by atoms with E-state index in [0.29, 0.717) is 17.7 Å². The van der Waals surface area contributed by atoms with Crippen molar-refractivity contribution in [2.24, 2.45) is 0 Å². The van der Waals surface area contributed by atoms with Crippen LogP contribution < -0.4 is 10.6 Å². The summed E-state index contributed by atoms with van der Waals surface area (Å²) < 4.78 is 0. The van der Waals surface area contributed by atoms with Gasteiger partial charge in [0.25, 0.3) is 0 Å². The molecule has 0 radical (unpaired) electrons. The predicted octanol–water partition coefficient (Wildman–Crippen LogP) is 2.04. The summed E-state index contributed by atoms with van der Waals surface area (Å²) in [5.74, 6) is 0. The van der Waals surface area contributed by atoms with Crippen molar-refractivity contribution in [2.45, 2.75) is 12.5 Å². The molecule has 8 heteroatoms. The number of hydrogen-bond acceptors (Lipinski definition) is 6. The smallest absolute Gasteiger partial charge is 0.321 e. The third kappa shape index (κ3) is 5.22. The van der Waals surface area contributed by atoms with Crippen molar-refractivity contribution in [3.63, 3.8) is 0 Å². The van der Waals surface area contributed by atoms with Crippen molar-refractivity contribution >= 4 is 22.5 Å². The van der Waals surface area contributed by atoms with Gasteiger partial charge in [0, 0.05) is 38.8 Å². The third-order valence-electron chi connectivity index (χ3n) is 4.37. The van der Waals surface area contributed by atoms with Gasteiger partial charge in [-0.15, -0.1) is 10.2 Å². The van der Waals surface area contributed by atoms with Crippen molar-refractivity contribution < 1.29 is 4.79 Å². The van der Waals surface area contributed by atoms with E-state index < -0.39 is 0 Å². The molecule has 0 aliphatic carbocycles. The first kappa shape index (κ1) is 17.8. The second kappa shape index (κ2) is 8.89. The zero-order valence-electron chi connectivity index (χ0n) is 14.4. The Balaban J connectivity index is 1.45. The van der Waals surface area contributed by atoms with Crippen LogP contribution in [-0.2, 0) is 0 Å². The molecule has 2 N–H and O–H groups in total. The first-order valence-electron chi connectivity index (χ1n) is 8.51. The van der Waals surface area contributed by atoms with Gasteiger partial charge in [-0.05, 0) is 19.0 Å². The Bertz CT molecular complexity index is 650. The Morgan fingerprint density at radius 1 is 1.32 bits per heavy atom. The number of anilines is 1. The number of nitrogens with zero attached hydrogens (tertiary/aromatic N) is 4. The molecule has 0 saturated carbocycles. The van der Waals surface area contributed by atoms with E-state index >= 15 is 0 Å². The number of amides is 2. The van der Waals surface area contributed by atoms with E-state index in [4.69, 9.17) is 0 Å². The number of urea groups is 1. The molecule has 1 aliphatic rings. The summed E-state index contributed by atoms with van der Waals surface area (Å²) in [4.78, 5) is 16.7. The number of likely N-dealkylation sites (N-methyl/N-ethyl adjacent to an activating group) is 1. The van der Waals surface area contributed by atoms with Gasteiger partial charge in [0.2, 0.25) is 5.13 Å². The summed E-state index contributed by atoms with van der Waals surface area (Å²) in [6, 6.07) is 10.8. The maximum absolute atomic E-state index is 11.8. The first-order chi connectivity index (χ1) is 12.2. The topological polar surface area (TPSA) is 73.4 Å². The number of carbonyl (C=O) groups is 1. The molecule has 3 rings (SSSR count). The Kier molecular flexibility index (Phi) is 6.32. The quantitative estimate of drug-likeness (QED) is 0.771. The minimum absolute atomic E-state index is 0.227. The van der Waals surface area contributed by atoms with Crippen molar-refractivity contribution in [1.82, 2.24) is 25.3 Å². The zero-order valence-corrected chi connectivity index (χ0v) is 15.2. The maximum atomic E-state index is 11.8. The molecule has 2 heterocycles. The Morgan fingerprint density at radius 3 is 2.92 bits per heavy atom. The highest BCUT2D eigenvalue weighted by molar-refractivity contribution is 7.13. The predicted molar refractivity (Wildman–Crippen MR) is 99.8 cm³/mol. The van der Waals surface area contributed by atoms with Gasteiger partial charge < -0.3 is 10.2 Å². The molecule has 2 aromatic rings. The number of aromatic nitrogens is 2. The average Bonchev–Trinajstić information content (AvgIpc) is 3.13. The van der Waals surface area contributed by atoms with Gasteiger partial charge in [-0.1, -0.05) is 41.7 Å². The molecule has 134 valence electrons. The first-order valence-corrected chi connectivity index (χ1v) is 9.39. The Labute approximate surface area is 152 Å². The zero-order chi connectivity index (χ0) is 17.5. The van der Waals surface area contributed by atoms with Crippen LogP contribution >= 0.6 is 11.3 Å². The van der Waals surface area contributed by atoms with Crippen LogP contribution in [0.3, 0.4) is 0 Å². The van der Waals surface area contributed by atoms with E-state index in [2.05, 4.69) is 68.0 Å². The summed E-state index contributed by atoms with van der Waals surface area (Å²) in [7, 11) is 2.17. The number of hydrogen-bond donors (Lipinski definition) is 2. The number of piperazine rings is 1. The average molecular weight is 360 g/mol. The van der Waals surface area contributed by atoms with Crippen LogP contribution in [-0.4, -0.2) is 65.8 Å². The molecule has 1 aromatic carbocycles. The van der Waals surface area contributed by atoms with Gasteiger partial charge in [-0.25, -0.2) is 4.79 Å². The molecule has 7 nitrogen and oxygen atoms in total. The van der Waals surface area contributed by atoms with Crippen molar-refractivity contribution in [2.75, 3.05) is 45.1 Å². The molecule has 1 aliphatic heterocycles. The van der Waals surface area contributed by atoms with Crippen LogP contribution in [0.15, 0.2) is 35.8 Å². The monoisotopic (exact) mass is 360 g/mol. The van der Waals surface area contributed by atoms with Gasteiger partial charge in [0.05, 0.1) is 0 Å². The fourth-order valence-electron chi connectivity index (χ4n) is 3.07. The number of rotatable bonds is 6. The summed E-state index contributed by atoms with van der Waals surface area (Å²) in [6.07, 6.45) is 0.913. The summed E-state index contributed by atoms with van der Waals surface area (Å²) in [5.41, 5.74) is 2.95. The van der Waals surface area contributed by atoms with Gasteiger partial charge in [-0.3, -0.25) is 10.2 Å². The highest BCUT2D eigenvalue weighted by atomic mass is 32.1. The molecular formula is C17H24N6OS. The lowest BCUT2D eigenvalue weighted by Gasteiger charge is -2.40. The Morgan fingerprint density at radius 2 is 2.16 bits per heavy atom. The molecule has 0 unspecified atom stereocenters. The highest BCUT2D eigenvalue weighted by Gasteiger charge is 2.25. The molecular weight excluding hydrogens is 336 g/mol. The molecule has 1 fully saturated rings. The summed E-state index contributed by atoms with van der Waals surface area (Å²) in [5, 5.41) is 13.5. The molecule has 1 saturated heterocycles. The minimum Gasteiger partial charge on any atom is -0.338 e. The van der Waals surface area contributed by atoms with Crippen LogP contribution in [0.1, 0.15) is 18.0 Å². The summed E-state index contributed by atoms with van der Waals surface area (Å²) in [6.45, 7) is 4.77. The fraction of sp³-hybridized carbons (Fsp3) is 0.471. The molecule has 1 aromatic heterocycles. The SMILES string of the molecule is CN1CCN(CCCNC(=O)Nc2nncs2)[C@@H](c2ccccc2)C1. The van der Waals surface area contributed by atoms with Crippen molar-refractivity contribution in [3.05, 3.63) is 41.4 Å². The van der Waals surface area contributed by atoms with Crippen LogP contribution in [0.5, 0.6) is 0 Å². The molecule has 0 bridgehead atoms. The highest BCUT2D eigenvalue weighted by Crippen LogP contribution is 2.24. The van der Waals surface area contributed by atoms with E-state index in [9.17, 15) is 4.79 Å².